The summed E-state index contributed by atoms with van der Waals surface area (Å²) in [5.41, 5.74) is 0.898. The van der Waals surface area contributed by atoms with E-state index >= 15 is 0 Å². The van der Waals surface area contributed by atoms with Gasteiger partial charge in [-0.25, -0.2) is 31.3 Å². The second-order valence-electron chi connectivity index (χ2n) is 13.8. The maximum Gasteiger partial charge on any atom is 0.569 e. The Kier molecular flexibility index (Phi) is 16.9. The summed E-state index contributed by atoms with van der Waals surface area (Å²) in [6.07, 6.45) is 2.66. The van der Waals surface area contributed by atoms with Gasteiger partial charge < -0.3 is 27.5 Å². The van der Waals surface area contributed by atoms with Gasteiger partial charge in [-0.2, -0.15) is 34.4 Å². The van der Waals surface area contributed by atoms with Crippen LogP contribution in [0.15, 0.2) is 107 Å². The molecule has 12 nitrogen and oxygen atoms in total. The lowest BCUT2D eigenvalue weighted by Gasteiger charge is -2.13. The first kappa shape index (κ1) is 54.6. The molecule has 2 aromatic heterocycles. The van der Waals surface area contributed by atoms with Crippen molar-refractivity contribution in [1.29, 1.82) is 0 Å². The molecule has 0 aliphatic rings. The van der Waals surface area contributed by atoms with Gasteiger partial charge >= 0.3 is 27.9 Å². The van der Waals surface area contributed by atoms with Crippen LogP contribution in [0.2, 0.25) is 15.2 Å². The molecule has 8 aromatic rings. The monoisotopic (exact) mass is 1110 g/mol. The van der Waals surface area contributed by atoms with Gasteiger partial charge in [-0.3, -0.25) is 4.98 Å². The molecule has 0 atom stereocenters. The number of fused-ring (bicyclic) bond motifs is 2. The molecule has 0 aliphatic heterocycles. The molecule has 0 spiro atoms. The number of halogens is 13. The Labute approximate surface area is 415 Å². The summed E-state index contributed by atoms with van der Waals surface area (Å²) >= 11 is 17.6. The van der Waals surface area contributed by atoms with Gasteiger partial charge in [-0.1, -0.05) is 40.9 Å². The molecule has 0 aliphatic carbocycles. The number of pyridine rings is 2. The van der Waals surface area contributed by atoms with Gasteiger partial charge in [-0.05, 0) is 83.6 Å². The van der Waals surface area contributed by atoms with Crippen molar-refractivity contribution in [3.63, 3.8) is 0 Å². The lowest BCUT2D eigenvalue weighted by atomic mass is 10.0. The van der Waals surface area contributed by atoms with Gasteiger partial charge in [0.05, 0.1) is 19.9 Å². The maximum absolute atomic E-state index is 13.9. The molecule has 0 amide bonds. The van der Waals surface area contributed by atoms with Crippen molar-refractivity contribution in [3.05, 3.63) is 171 Å². The van der Waals surface area contributed by atoms with Crippen LogP contribution < -0.4 is 22.5 Å². The molecule has 1 radical (unpaired) electrons. The highest BCUT2D eigenvalue weighted by Gasteiger charge is 2.33. The van der Waals surface area contributed by atoms with E-state index in [0.717, 1.165) is 24.3 Å². The first-order valence-corrected chi connectivity index (χ1v) is 23.1. The predicted octanol–water partition coefficient (Wildman–Crippen LogP) is 11.6. The SMILES string of the molecule is COc1ccc(Cl)cc1-c1nccc2cc(S(=O)(=O)Oc3c(F)c(F)c(F)c(F)c3F)ccc12.COc1ccc(Cl)cc1O[B]O.O=S(=O)(Oc1c(F)c(F)c(F)c(F)c1F)c1ccc2c(Cl)nccc2c1. The van der Waals surface area contributed by atoms with Crippen molar-refractivity contribution in [2.24, 2.45) is 0 Å². The zero-order valence-corrected chi connectivity index (χ0v) is 39.5. The molecule has 0 fully saturated rings. The lowest BCUT2D eigenvalue weighted by molar-refractivity contribution is 0.346. The third kappa shape index (κ3) is 11.5. The highest BCUT2D eigenvalue weighted by Crippen LogP contribution is 2.38. The number of rotatable bonds is 11. The molecular formula is C44H23BCl3F10N2O10S2. The van der Waals surface area contributed by atoms with Crippen LogP contribution in [-0.4, -0.2) is 53.7 Å². The maximum atomic E-state index is 13.9. The molecule has 28 heteroatoms. The quantitative estimate of drug-likeness (QED) is 0.0326. The van der Waals surface area contributed by atoms with Gasteiger partial charge in [-0.15, -0.1) is 0 Å². The fourth-order valence-electron chi connectivity index (χ4n) is 6.10. The number of ether oxygens (including phenoxy) is 2. The highest BCUT2D eigenvalue weighted by molar-refractivity contribution is 7.87. The zero-order chi connectivity index (χ0) is 53.0. The Morgan fingerprint density at radius 3 is 1.38 bits per heavy atom. The van der Waals surface area contributed by atoms with E-state index in [-0.39, 0.29) is 5.15 Å². The standard InChI is InChI=1S/C22H11ClF5NO4S.C15H5ClF5NO3S.C7H7BClO3/c1-32-15-5-2-11(23)9-14(15)21-13-4-3-12(8-10(13)6-7-29-21)34(30,31)33-22-19(27)17(25)16(24)18(26)20(22)28;16-15-8-2-1-7(5-6(8)3-4-22-15)26(23,24)25-14-12(20)10(18)9(17)11(19)13(14)21;1-11-6-3-2-5(9)4-7(6)12-8-10/h2-9H,1H3;1-5H;2-4,10H,1H3. The second kappa shape index (κ2) is 22.3. The van der Waals surface area contributed by atoms with E-state index in [9.17, 15) is 60.7 Å². The summed E-state index contributed by atoms with van der Waals surface area (Å²) in [6.45, 7) is 0. The Morgan fingerprint density at radius 1 is 0.486 bits per heavy atom. The predicted molar refractivity (Wildman–Crippen MR) is 240 cm³/mol. The molecule has 0 unspecified atom stereocenters. The van der Waals surface area contributed by atoms with Crippen LogP contribution in [0.3, 0.4) is 0 Å². The van der Waals surface area contributed by atoms with Crippen LogP contribution in [0.4, 0.5) is 43.9 Å². The molecule has 375 valence electrons. The van der Waals surface area contributed by atoms with E-state index in [2.05, 4.69) is 18.3 Å². The van der Waals surface area contributed by atoms with Crippen LogP contribution in [0.1, 0.15) is 0 Å². The van der Waals surface area contributed by atoms with E-state index < -0.39 is 99.7 Å². The van der Waals surface area contributed by atoms with E-state index in [1.165, 1.54) is 50.9 Å². The van der Waals surface area contributed by atoms with Crippen LogP contribution >= 0.6 is 34.8 Å². The van der Waals surface area contributed by atoms with E-state index in [1.54, 1.807) is 36.4 Å². The summed E-state index contributed by atoms with van der Waals surface area (Å²) in [6, 6.07) is 19.3. The molecule has 72 heavy (non-hydrogen) atoms. The molecular weight excluding hydrogens is 1090 g/mol. The summed E-state index contributed by atoms with van der Waals surface area (Å²) in [5.74, 6) is -26.4. The van der Waals surface area contributed by atoms with E-state index in [0.29, 0.717) is 67.8 Å². The van der Waals surface area contributed by atoms with Crippen LogP contribution in [0.5, 0.6) is 28.7 Å². The second-order valence-corrected chi connectivity index (χ2v) is 18.1. The van der Waals surface area contributed by atoms with Crippen LogP contribution in [0.25, 0.3) is 32.8 Å². The van der Waals surface area contributed by atoms with Crippen molar-refractivity contribution >= 4 is 84.3 Å². The summed E-state index contributed by atoms with van der Waals surface area (Å²) in [7, 11) is -6.37. The Hall–Kier alpha value is -6.77. The molecule has 0 bridgehead atoms. The van der Waals surface area contributed by atoms with Crippen molar-refractivity contribution in [2.75, 3.05) is 14.2 Å². The largest absolute Gasteiger partial charge is 0.569 e. The minimum Gasteiger partial charge on any atom is -0.535 e. The third-order valence-electron chi connectivity index (χ3n) is 9.45. The third-order valence-corrected chi connectivity index (χ3v) is 12.7. The zero-order valence-electron chi connectivity index (χ0n) is 35.6. The average Bonchev–Trinajstić information content (AvgIpc) is 3.36. The Bertz CT molecular complexity index is 3590. The number of hydrogen-bond acceptors (Lipinski definition) is 12. The number of methoxy groups -OCH3 is 2. The van der Waals surface area contributed by atoms with Gasteiger partial charge in [0, 0.05) is 44.8 Å². The van der Waals surface area contributed by atoms with E-state index in [4.69, 9.17) is 54.0 Å². The fraction of sp³-hybridized carbons (Fsp3) is 0.0455. The van der Waals surface area contributed by atoms with Gasteiger partial charge in [0.15, 0.2) is 5.75 Å². The van der Waals surface area contributed by atoms with Crippen LogP contribution in [0, 0.1) is 58.2 Å². The molecule has 6 aromatic carbocycles. The highest BCUT2D eigenvalue weighted by atomic mass is 35.5. The molecule has 8 rings (SSSR count). The summed E-state index contributed by atoms with van der Waals surface area (Å²) in [5, 5.41) is 10.8. The average molecular weight is 1110 g/mol. The lowest BCUT2D eigenvalue weighted by Crippen LogP contribution is -2.14. The van der Waals surface area contributed by atoms with Crippen molar-refractivity contribution in [2.45, 2.75) is 9.79 Å². The van der Waals surface area contributed by atoms with Gasteiger partial charge in [0.25, 0.3) is 0 Å². The minimum absolute atomic E-state index is 0.0760. The number of benzene rings is 6. The minimum atomic E-state index is -5.00. The smallest absolute Gasteiger partial charge is 0.535 e. The number of nitrogens with zero attached hydrogens (tertiary/aromatic N) is 2. The topological polar surface area (TPSA) is 160 Å². The molecule has 1 N–H and O–H groups in total. The Balaban J connectivity index is 0.000000196. The summed E-state index contributed by atoms with van der Waals surface area (Å²) < 4.78 is 208. The van der Waals surface area contributed by atoms with Crippen molar-refractivity contribution < 1.29 is 88.3 Å². The number of aromatic nitrogens is 2. The first-order chi connectivity index (χ1) is 34.0. The number of hydrogen-bond donors (Lipinski definition) is 1. The van der Waals surface area contributed by atoms with Gasteiger partial charge in [0.2, 0.25) is 69.7 Å². The fourth-order valence-corrected chi connectivity index (χ4v) is 8.60. The molecule has 2 heterocycles. The van der Waals surface area contributed by atoms with Crippen molar-refractivity contribution in [1.82, 2.24) is 9.97 Å². The van der Waals surface area contributed by atoms with Gasteiger partial charge in [0.1, 0.15) is 26.4 Å². The first-order valence-electron chi connectivity index (χ1n) is 19.1. The van der Waals surface area contributed by atoms with Crippen LogP contribution in [-0.2, 0) is 20.2 Å². The van der Waals surface area contributed by atoms with Crippen molar-refractivity contribution in [3.8, 4) is 40.0 Å². The summed E-state index contributed by atoms with van der Waals surface area (Å²) in [4.78, 5) is 6.90. The van der Waals surface area contributed by atoms with E-state index in [1.807, 2.05) is 0 Å². The normalized spacial score (nSPS) is 11.3. The Morgan fingerprint density at radius 2 is 0.903 bits per heavy atom. The molecule has 0 saturated carbocycles. The molecule has 0 saturated heterocycles.